The number of hydrogen-bond acceptors (Lipinski definition) is 2. The van der Waals surface area contributed by atoms with Crippen LogP contribution in [-0.2, 0) is 6.54 Å². The molecule has 1 aromatic carbocycles. The van der Waals surface area contributed by atoms with E-state index in [4.69, 9.17) is 5.73 Å². The number of nitrogens with two attached hydrogens (primary N) is 1. The Morgan fingerprint density at radius 3 is 2.27 bits per heavy atom. The van der Waals surface area contributed by atoms with Gasteiger partial charge in [0.2, 0.25) is 0 Å². The second-order valence-corrected chi connectivity index (χ2v) is 7.87. The van der Waals surface area contributed by atoms with Gasteiger partial charge in [-0.15, -0.1) is 0 Å². The summed E-state index contributed by atoms with van der Waals surface area (Å²) in [6.45, 7) is 5.72. The van der Waals surface area contributed by atoms with Gasteiger partial charge in [0.15, 0.2) is 0 Å². The third kappa shape index (κ3) is 3.72. The van der Waals surface area contributed by atoms with Crippen LogP contribution >= 0.6 is 0 Å². The first-order chi connectivity index (χ1) is 10.1. The van der Waals surface area contributed by atoms with Gasteiger partial charge in [-0.05, 0) is 60.8 Å². The molecule has 0 amide bonds. The van der Waals surface area contributed by atoms with Crippen molar-refractivity contribution >= 4 is 0 Å². The lowest BCUT2D eigenvalue weighted by molar-refractivity contribution is -0.0112. The molecule has 2 fully saturated rings. The quantitative estimate of drug-likeness (QED) is 0.801. The molecule has 22 heavy (non-hydrogen) atoms. The normalized spacial score (nSPS) is 35.5. The molecule has 0 aromatic heterocycles. The highest BCUT2D eigenvalue weighted by molar-refractivity contribution is 5.14. The van der Waals surface area contributed by atoms with Gasteiger partial charge in [0.05, 0.1) is 6.17 Å². The molecule has 2 aliphatic carbocycles. The Morgan fingerprint density at radius 1 is 1.09 bits per heavy atom. The van der Waals surface area contributed by atoms with Crippen LogP contribution in [0, 0.1) is 23.2 Å². The third-order valence-electron chi connectivity index (χ3n) is 5.71. The molecule has 2 aliphatic rings. The van der Waals surface area contributed by atoms with Gasteiger partial charge in [0, 0.05) is 6.54 Å². The van der Waals surface area contributed by atoms with Crippen molar-refractivity contribution in [1.29, 1.82) is 0 Å². The zero-order chi connectivity index (χ0) is 14.9. The Kier molecular flexibility index (Phi) is 5.68. The number of nitrogens with one attached hydrogen (secondary N) is 1. The highest BCUT2D eigenvalue weighted by atomic mass is 15.0. The van der Waals surface area contributed by atoms with Gasteiger partial charge in [0.1, 0.15) is 0 Å². The molecule has 3 unspecified atom stereocenters. The van der Waals surface area contributed by atoms with Gasteiger partial charge in [0.25, 0.3) is 0 Å². The molecule has 2 bridgehead atoms. The van der Waals surface area contributed by atoms with Crippen LogP contribution in [0.1, 0.15) is 58.9 Å². The average Bonchev–Trinajstić information content (AvgIpc) is 2.44. The van der Waals surface area contributed by atoms with E-state index in [9.17, 15) is 0 Å². The van der Waals surface area contributed by atoms with E-state index in [1.54, 1.807) is 0 Å². The lowest BCUT2D eigenvalue weighted by Gasteiger charge is -2.53. The summed E-state index contributed by atoms with van der Waals surface area (Å²) in [7, 11) is 0. The molecule has 0 saturated heterocycles. The summed E-state index contributed by atoms with van der Waals surface area (Å²) in [5, 5.41) is 3.63. The fourth-order valence-corrected chi connectivity index (χ4v) is 5.20. The van der Waals surface area contributed by atoms with Crippen molar-refractivity contribution in [1.82, 2.24) is 5.32 Å². The van der Waals surface area contributed by atoms with E-state index in [2.05, 4.69) is 49.5 Å². The Bertz CT molecular complexity index is 437. The molecule has 2 nitrogen and oxygen atoms in total. The SMILES string of the molecule is C.CC1CC2CC(C)CC(C(N)NCc3ccccc3)(C1)C2. The van der Waals surface area contributed by atoms with Crippen LogP contribution in [-0.4, -0.2) is 6.17 Å². The first-order valence-corrected chi connectivity index (χ1v) is 8.60. The van der Waals surface area contributed by atoms with E-state index in [-0.39, 0.29) is 13.6 Å². The van der Waals surface area contributed by atoms with E-state index in [0.29, 0.717) is 5.41 Å². The highest BCUT2D eigenvalue weighted by Gasteiger charge is 2.47. The van der Waals surface area contributed by atoms with Crippen LogP contribution in [0.5, 0.6) is 0 Å². The number of hydrogen-bond donors (Lipinski definition) is 2. The summed E-state index contributed by atoms with van der Waals surface area (Å²) in [6, 6.07) is 10.6. The topological polar surface area (TPSA) is 38.0 Å². The maximum atomic E-state index is 6.65. The lowest BCUT2D eigenvalue weighted by atomic mass is 9.55. The molecule has 3 atom stereocenters. The maximum absolute atomic E-state index is 6.65. The molecule has 124 valence electrons. The van der Waals surface area contributed by atoms with E-state index in [1.807, 2.05) is 0 Å². The molecule has 3 N–H and O–H groups in total. The molecule has 2 heteroatoms. The summed E-state index contributed by atoms with van der Waals surface area (Å²) in [4.78, 5) is 0. The molecule has 0 radical (unpaired) electrons. The number of rotatable bonds is 4. The van der Waals surface area contributed by atoms with E-state index < -0.39 is 0 Å². The van der Waals surface area contributed by atoms with Crippen LogP contribution in [0.2, 0.25) is 0 Å². The Morgan fingerprint density at radius 2 is 1.68 bits per heavy atom. The second-order valence-electron chi connectivity index (χ2n) is 7.87. The summed E-state index contributed by atoms with van der Waals surface area (Å²) >= 11 is 0. The molecule has 0 heterocycles. The van der Waals surface area contributed by atoms with Crippen molar-refractivity contribution < 1.29 is 0 Å². The van der Waals surface area contributed by atoms with Crippen LogP contribution < -0.4 is 11.1 Å². The molecule has 2 saturated carbocycles. The number of fused-ring (bicyclic) bond motifs is 2. The Balaban J connectivity index is 0.00000176. The summed E-state index contributed by atoms with van der Waals surface area (Å²) < 4.78 is 0. The summed E-state index contributed by atoms with van der Waals surface area (Å²) in [6.07, 6.45) is 6.90. The van der Waals surface area contributed by atoms with Gasteiger partial charge in [-0.3, -0.25) is 5.32 Å². The minimum atomic E-state index is 0. The van der Waals surface area contributed by atoms with Crippen molar-refractivity contribution in [2.24, 2.45) is 28.9 Å². The average molecular weight is 303 g/mol. The monoisotopic (exact) mass is 302 g/mol. The molecule has 1 aromatic rings. The van der Waals surface area contributed by atoms with E-state index in [1.165, 1.54) is 37.7 Å². The third-order valence-corrected chi connectivity index (χ3v) is 5.71. The fourth-order valence-electron chi connectivity index (χ4n) is 5.20. The number of benzene rings is 1. The van der Waals surface area contributed by atoms with Gasteiger partial charge in [-0.2, -0.15) is 0 Å². The molecule has 0 aliphatic heterocycles. The van der Waals surface area contributed by atoms with Crippen molar-refractivity contribution in [3.8, 4) is 0 Å². The van der Waals surface area contributed by atoms with Gasteiger partial charge in [-0.25, -0.2) is 0 Å². The zero-order valence-corrected chi connectivity index (χ0v) is 13.5. The maximum Gasteiger partial charge on any atom is 0.0607 e. The Hall–Kier alpha value is -0.860. The minimum Gasteiger partial charge on any atom is -0.315 e. The van der Waals surface area contributed by atoms with Crippen LogP contribution in [0.15, 0.2) is 30.3 Å². The summed E-state index contributed by atoms with van der Waals surface area (Å²) in [5.41, 5.74) is 8.31. The van der Waals surface area contributed by atoms with Gasteiger partial charge in [-0.1, -0.05) is 51.6 Å². The highest BCUT2D eigenvalue weighted by Crippen LogP contribution is 2.53. The van der Waals surface area contributed by atoms with E-state index >= 15 is 0 Å². The Labute approximate surface area is 136 Å². The van der Waals surface area contributed by atoms with Gasteiger partial charge >= 0.3 is 0 Å². The van der Waals surface area contributed by atoms with E-state index in [0.717, 1.165) is 24.3 Å². The van der Waals surface area contributed by atoms with Crippen molar-refractivity contribution in [2.45, 2.75) is 66.1 Å². The standard InChI is InChI=1S/C19H30N2.CH4/c1-14-8-17-9-15(2)11-19(10-14,12-17)18(20)21-13-16-6-4-3-5-7-16;/h3-7,14-15,17-18,21H,8-13,20H2,1-2H3;1H4. The predicted molar refractivity (Wildman–Crippen MR) is 95.3 cm³/mol. The first-order valence-electron chi connectivity index (χ1n) is 8.60. The molecule has 0 spiro atoms. The van der Waals surface area contributed by atoms with Crippen LogP contribution in [0.4, 0.5) is 0 Å². The van der Waals surface area contributed by atoms with Crippen molar-refractivity contribution in [2.75, 3.05) is 0 Å². The van der Waals surface area contributed by atoms with Crippen molar-refractivity contribution in [3.05, 3.63) is 35.9 Å². The summed E-state index contributed by atoms with van der Waals surface area (Å²) in [5.74, 6) is 2.57. The second kappa shape index (κ2) is 7.14. The lowest BCUT2D eigenvalue weighted by Crippen LogP contribution is -2.56. The zero-order valence-electron chi connectivity index (χ0n) is 13.5. The molecule has 3 rings (SSSR count). The molecular weight excluding hydrogens is 268 g/mol. The fraction of sp³-hybridized carbons (Fsp3) is 0.700. The van der Waals surface area contributed by atoms with Gasteiger partial charge < -0.3 is 5.73 Å². The smallest absolute Gasteiger partial charge is 0.0607 e. The van der Waals surface area contributed by atoms with Crippen LogP contribution in [0.25, 0.3) is 0 Å². The molecular formula is C20H34N2. The minimum absolute atomic E-state index is 0. The van der Waals surface area contributed by atoms with Crippen LogP contribution in [0.3, 0.4) is 0 Å². The predicted octanol–water partition coefficient (Wildman–Crippen LogP) is 4.55. The largest absolute Gasteiger partial charge is 0.315 e. The van der Waals surface area contributed by atoms with Crippen molar-refractivity contribution in [3.63, 3.8) is 0 Å². The first kappa shape index (κ1) is 17.5.